The number of thiazole rings is 1. The van der Waals surface area contributed by atoms with Crippen LogP contribution in [-0.2, 0) is 7.05 Å². The van der Waals surface area contributed by atoms with Crippen molar-refractivity contribution >= 4 is 38.2 Å². The van der Waals surface area contributed by atoms with Gasteiger partial charge in [-0.3, -0.25) is 4.79 Å². The summed E-state index contributed by atoms with van der Waals surface area (Å²) in [6.07, 6.45) is 0. The van der Waals surface area contributed by atoms with Gasteiger partial charge in [0.2, 0.25) is 0 Å². The molecule has 1 heterocycles. The Bertz CT molecular complexity index is 1260. The van der Waals surface area contributed by atoms with E-state index >= 15 is 0 Å². The van der Waals surface area contributed by atoms with Gasteiger partial charge in [-0.15, -0.1) is 0 Å². The molecule has 0 N–H and O–H groups in total. The van der Waals surface area contributed by atoms with E-state index in [9.17, 15) is 4.79 Å². The van der Waals surface area contributed by atoms with E-state index in [2.05, 4.69) is 31.0 Å². The number of methoxy groups -OCH3 is 1. The first-order valence-electron chi connectivity index (χ1n) is 8.71. The number of nitrogens with zero attached hydrogens (tertiary/aromatic N) is 2. The summed E-state index contributed by atoms with van der Waals surface area (Å²) >= 11 is 1.52. The molecule has 3 aromatic carbocycles. The molecule has 4 rings (SSSR count). The van der Waals surface area contributed by atoms with Gasteiger partial charge in [0, 0.05) is 7.05 Å². The van der Waals surface area contributed by atoms with E-state index in [1.165, 1.54) is 22.5 Å². The van der Waals surface area contributed by atoms with Crippen molar-refractivity contribution in [1.82, 2.24) is 4.57 Å². The summed E-state index contributed by atoms with van der Waals surface area (Å²) in [5.74, 6) is 0.243. The molecular formula is C22H20N2O2S. The topological polar surface area (TPSA) is 43.6 Å². The standard InChI is InChI=1S/C22H20N2O2S/c1-13-9-10-19-20(14(13)2)24(3)22(27-19)23-21(25)17-11-15-7-5-6-8-16(15)12-18(17)26-4/h5-12H,1-4H3. The molecule has 4 aromatic rings. The largest absolute Gasteiger partial charge is 0.496 e. The summed E-state index contributed by atoms with van der Waals surface area (Å²) in [5, 5.41) is 2.02. The number of rotatable bonds is 2. The first-order chi connectivity index (χ1) is 13.0. The monoisotopic (exact) mass is 376 g/mol. The summed E-state index contributed by atoms with van der Waals surface area (Å²) < 4.78 is 8.57. The predicted octanol–water partition coefficient (Wildman–Crippen LogP) is 4.76. The molecule has 0 atom stereocenters. The first kappa shape index (κ1) is 17.5. The Morgan fingerprint density at radius 2 is 1.78 bits per heavy atom. The molecule has 136 valence electrons. The van der Waals surface area contributed by atoms with E-state index in [1.807, 2.05) is 48.0 Å². The highest BCUT2D eigenvalue weighted by atomic mass is 32.1. The van der Waals surface area contributed by atoms with Gasteiger partial charge in [-0.05, 0) is 53.9 Å². The molecule has 0 fully saturated rings. The molecule has 1 aromatic heterocycles. The van der Waals surface area contributed by atoms with Crippen LogP contribution in [0.3, 0.4) is 0 Å². The van der Waals surface area contributed by atoms with Crippen molar-refractivity contribution in [2.45, 2.75) is 13.8 Å². The fourth-order valence-corrected chi connectivity index (χ4v) is 4.41. The number of aromatic nitrogens is 1. The second-order valence-corrected chi connectivity index (χ2v) is 7.62. The number of hydrogen-bond donors (Lipinski definition) is 0. The lowest BCUT2D eigenvalue weighted by atomic mass is 10.1. The quantitative estimate of drug-likeness (QED) is 0.506. The summed E-state index contributed by atoms with van der Waals surface area (Å²) in [4.78, 5) is 18.1. The number of benzene rings is 3. The Hall–Kier alpha value is -2.92. The molecule has 0 spiro atoms. The number of carbonyl (C=O) groups is 1. The minimum Gasteiger partial charge on any atom is -0.496 e. The van der Waals surface area contributed by atoms with Crippen LogP contribution in [0.15, 0.2) is 53.5 Å². The zero-order valence-electron chi connectivity index (χ0n) is 15.7. The average Bonchev–Trinajstić information content (AvgIpc) is 2.99. The molecular weight excluding hydrogens is 356 g/mol. The summed E-state index contributed by atoms with van der Waals surface area (Å²) in [7, 11) is 3.53. The zero-order chi connectivity index (χ0) is 19.1. The van der Waals surface area contributed by atoms with E-state index < -0.39 is 0 Å². The fraction of sp³-hybridized carbons (Fsp3) is 0.182. The SMILES string of the molecule is COc1cc2ccccc2cc1C(=O)N=c1sc2ccc(C)c(C)c2n1C. The highest BCUT2D eigenvalue weighted by Crippen LogP contribution is 2.27. The molecule has 1 amide bonds. The average molecular weight is 376 g/mol. The third-order valence-corrected chi connectivity index (χ3v) is 6.08. The van der Waals surface area contributed by atoms with Gasteiger partial charge in [-0.25, -0.2) is 0 Å². The van der Waals surface area contributed by atoms with Crippen LogP contribution in [0, 0.1) is 13.8 Å². The number of aryl methyl sites for hydroxylation is 3. The molecule has 4 nitrogen and oxygen atoms in total. The number of amides is 1. The lowest BCUT2D eigenvalue weighted by Crippen LogP contribution is -2.14. The van der Waals surface area contributed by atoms with E-state index in [0.717, 1.165) is 21.0 Å². The van der Waals surface area contributed by atoms with Crippen molar-refractivity contribution in [3.63, 3.8) is 0 Å². The molecule has 0 bridgehead atoms. The van der Waals surface area contributed by atoms with Gasteiger partial charge in [0.25, 0.3) is 5.91 Å². The van der Waals surface area contributed by atoms with E-state index in [4.69, 9.17) is 4.74 Å². The number of fused-ring (bicyclic) bond motifs is 2. The van der Waals surface area contributed by atoms with Crippen LogP contribution >= 0.6 is 11.3 Å². The maximum absolute atomic E-state index is 13.0. The molecule has 0 saturated heterocycles. The Kier molecular flexibility index (Phi) is 4.32. The van der Waals surface area contributed by atoms with Crippen LogP contribution in [0.2, 0.25) is 0 Å². The summed E-state index contributed by atoms with van der Waals surface area (Å²) in [6.45, 7) is 4.19. The van der Waals surface area contributed by atoms with Crippen LogP contribution in [0.5, 0.6) is 5.75 Å². The second-order valence-electron chi connectivity index (χ2n) is 6.61. The van der Waals surface area contributed by atoms with Crippen molar-refractivity contribution in [3.8, 4) is 5.75 Å². The number of hydrogen-bond acceptors (Lipinski definition) is 3. The van der Waals surface area contributed by atoms with Crippen molar-refractivity contribution in [2.75, 3.05) is 7.11 Å². The Balaban J connectivity index is 1.89. The number of carbonyl (C=O) groups excluding carboxylic acids is 1. The van der Waals surface area contributed by atoms with Gasteiger partial charge in [0.05, 0.1) is 22.9 Å². The molecule has 0 saturated carbocycles. The van der Waals surface area contributed by atoms with Crippen LogP contribution in [0.1, 0.15) is 21.5 Å². The van der Waals surface area contributed by atoms with Gasteiger partial charge in [0.15, 0.2) is 4.80 Å². The van der Waals surface area contributed by atoms with Crippen molar-refractivity contribution in [3.05, 3.63) is 70.0 Å². The Morgan fingerprint density at radius 3 is 2.48 bits per heavy atom. The summed E-state index contributed by atoms with van der Waals surface area (Å²) in [5.41, 5.74) is 4.03. The third kappa shape index (κ3) is 2.94. The normalized spacial score (nSPS) is 12.1. The van der Waals surface area contributed by atoms with E-state index in [-0.39, 0.29) is 5.91 Å². The zero-order valence-corrected chi connectivity index (χ0v) is 16.6. The molecule has 0 aliphatic heterocycles. The maximum Gasteiger partial charge on any atom is 0.283 e. The highest BCUT2D eigenvalue weighted by molar-refractivity contribution is 7.16. The lowest BCUT2D eigenvalue weighted by molar-refractivity contribution is 0.0995. The van der Waals surface area contributed by atoms with E-state index in [1.54, 1.807) is 7.11 Å². The summed E-state index contributed by atoms with van der Waals surface area (Å²) in [6, 6.07) is 15.8. The van der Waals surface area contributed by atoms with Crippen LogP contribution in [0.25, 0.3) is 21.0 Å². The van der Waals surface area contributed by atoms with Gasteiger partial charge in [-0.2, -0.15) is 4.99 Å². The Labute approximate surface area is 161 Å². The number of ether oxygens (including phenoxy) is 1. The van der Waals surface area contributed by atoms with Crippen LogP contribution in [-0.4, -0.2) is 17.6 Å². The maximum atomic E-state index is 13.0. The minimum absolute atomic E-state index is 0.297. The highest BCUT2D eigenvalue weighted by Gasteiger charge is 2.14. The minimum atomic E-state index is -0.297. The van der Waals surface area contributed by atoms with Crippen molar-refractivity contribution < 1.29 is 9.53 Å². The van der Waals surface area contributed by atoms with Gasteiger partial charge >= 0.3 is 0 Å². The molecule has 5 heteroatoms. The van der Waals surface area contributed by atoms with Gasteiger partial charge in [-0.1, -0.05) is 41.7 Å². The fourth-order valence-electron chi connectivity index (χ4n) is 3.34. The second kappa shape index (κ2) is 6.67. The molecule has 0 radical (unpaired) electrons. The third-order valence-electron chi connectivity index (χ3n) is 4.98. The predicted molar refractivity (Wildman–Crippen MR) is 111 cm³/mol. The first-order valence-corrected chi connectivity index (χ1v) is 9.53. The van der Waals surface area contributed by atoms with Gasteiger partial charge in [0.1, 0.15) is 5.75 Å². The van der Waals surface area contributed by atoms with Crippen LogP contribution in [0.4, 0.5) is 0 Å². The van der Waals surface area contributed by atoms with Crippen molar-refractivity contribution in [2.24, 2.45) is 12.0 Å². The van der Waals surface area contributed by atoms with Crippen LogP contribution < -0.4 is 9.54 Å². The molecule has 0 aliphatic rings. The Morgan fingerprint density at radius 1 is 1.07 bits per heavy atom. The molecule has 0 aliphatic carbocycles. The van der Waals surface area contributed by atoms with Crippen molar-refractivity contribution in [1.29, 1.82) is 0 Å². The van der Waals surface area contributed by atoms with E-state index in [0.29, 0.717) is 16.1 Å². The molecule has 0 unspecified atom stereocenters. The van der Waals surface area contributed by atoms with Gasteiger partial charge < -0.3 is 9.30 Å². The lowest BCUT2D eigenvalue weighted by Gasteiger charge is -2.07. The smallest absolute Gasteiger partial charge is 0.283 e. The molecule has 27 heavy (non-hydrogen) atoms.